The van der Waals surface area contributed by atoms with Crippen LogP contribution in [0, 0.1) is 6.92 Å². The number of piperidine rings is 1. The Bertz CT molecular complexity index is 1060. The van der Waals surface area contributed by atoms with Crippen molar-refractivity contribution in [2.75, 3.05) is 13.1 Å². The van der Waals surface area contributed by atoms with Crippen LogP contribution < -0.4 is 5.32 Å². The first kappa shape index (κ1) is 17.8. The molecule has 0 unspecified atom stereocenters. The van der Waals surface area contributed by atoms with Gasteiger partial charge in [0, 0.05) is 17.8 Å². The molecule has 1 N–H and O–H groups in total. The van der Waals surface area contributed by atoms with Crippen LogP contribution >= 0.6 is 12.4 Å². The highest BCUT2D eigenvalue weighted by Crippen LogP contribution is 2.29. The largest absolute Gasteiger partial charge is 0.459 e. The van der Waals surface area contributed by atoms with E-state index in [0.717, 1.165) is 59.9 Å². The van der Waals surface area contributed by atoms with E-state index in [1.54, 1.807) is 6.20 Å². The summed E-state index contributed by atoms with van der Waals surface area (Å²) in [5.74, 6) is 1.66. The third-order valence-electron chi connectivity index (χ3n) is 4.97. The number of fused-ring (bicyclic) bond motifs is 1. The summed E-state index contributed by atoms with van der Waals surface area (Å²) in [6.45, 7) is 4.01. The van der Waals surface area contributed by atoms with Crippen molar-refractivity contribution in [2.45, 2.75) is 25.8 Å². The Kier molecular flexibility index (Phi) is 4.72. The maximum absolute atomic E-state index is 5.92. The molecule has 4 aromatic rings. The molecule has 0 bridgehead atoms. The van der Waals surface area contributed by atoms with E-state index in [4.69, 9.17) is 4.42 Å². The standard InChI is InChI=1S/C19H20N6O.ClH/c1-13-11-14-3-2-4-17(18(14)26-13)24-10-9-21-19(24)16-12-25(23-22-16)15-5-7-20-8-6-15;/h2-4,9-12,15,20H,5-8H2,1H3;1H. The third-order valence-corrected chi connectivity index (χ3v) is 4.97. The summed E-state index contributed by atoms with van der Waals surface area (Å²) in [7, 11) is 0. The number of nitrogens with one attached hydrogen (secondary N) is 1. The lowest BCUT2D eigenvalue weighted by Crippen LogP contribution is -2.29. The Labute approximate surface area is 162 Å². The molecule has 1 aliphatic heterocycles. The minimum atomic E-state index is 0. The van der Waals surface area contributed by atoms with Crippen molar-refractivity contribution in [3.05, 3.63) is 48.6 Å². The average molecular weight is 385 g/mol. The molecule has 1 saturated heterocycles. The normalized spacial score (nSPS) is 15.1. The van der Waals surface area contributed by atoms with E-state index in [0.29, 0.717) is 6.04 Å². The number of halogens is 1. The van der Waals surface area contributed by atoms with Crippen LogP contribution in [0.25, 0.3) is 28.2 Å². The lowest BCUT2D eigenvalue weighted by molar-refractivity contribution is 0.337. The first-order valence-electron chi connectivity index (χ1n) is 8.95. The van der Waals surface area contributed by atoms with Gasteiger partial charge in [-0.25, -0.2) is 9.67 Å². The SMILES string of the molecule is Cc1cc2cccc(-n3ccnc3-c3cn(C4CCNCC4)nn3)c2o1.Cl. The zero-order valence-electron chi connectivity index (χ0n) is 15.0. The van der Waals surface area contributed by atoms with Crippen molar-refractivity contribution in [1.82, 2.24) is 29.9 Å². The van der Waals surface area contributed by atoms with Crippen LogP contribution in [0.15, 0.2) is 47.3 Å². The molecule has 0 atom stereocenters. The van der Waals surface area contributed by atoms with Crippen LogP contribution in [0.5, 0.6) is 0 Å². The molecule has 0 saturated carbocycles. The van der Waals surface area contributed by atoms with Gasteiger partial charge >= 0.3 is 0 Å². The molecule has 3 aromatic heterocycles. The summed E-state index contributed by atoms with van der Waals surface area (Å²) < 4.78 is 9.91. The minimum Gasteiger partial charge on any atom is -0.459 e. The zero-order valence-corrected chi connectivity index (χ0v) is 15.8. The number of aryl methyl sites for hydroxylation is 1. The monoisotopic (exact) mass is 384 g/mol. The number of hydrogen-bond donors (Lipinski definition) is 1. The van der Waals surface area contributed by atoms with Crippen LogP contribution in [0.2, 0.25) is 0 Å². The molecule has 0 radical (unpaired) electrons. The van der Waals surface area contributed by atoms with Gasteiger partial charge in [0.25, 0.3) is 0 Å². The minimum absolute atomic E-state index is 0. The highest BCUT2D eigenvalue weighted by atomic mass is 35.5. The second-order valence-electron chi connectivity index (χ2n) is 6.74. The highest BCUT2D eigenvalue weighted by Gasteiger charge is 2.19. The number of furan rings is 1. The van der Waals surface area contributed by atoms with Gasteiger partial charge in [-0.15, -0.1) is 17.5 Å². The average Bonchev–Trinajstić information content (AvgIpc) is 3.40. The number of hydrogen-bond acceptors (Lipinski definition) is 5. The number of nitrogens with zero attached hydrogens (tertiary/aromatic N) is 5. The molecule has 1 aliphatic rings. The van der Waals surface area contributed by atoms with Gasteiger partial charge in [0.05, 0.1) is 17.9 Å². The smallest absolute Gasteiger partial charge is 0.166 e. The summed E-state index contributed by atoms with van der Waals surface area (Å²) >= 11 is 0. The third kappa shape index (κ3) is 3.13. The molecule has 140 valence electrons. The first-order chi connectivity index (χ1) is 12.8. The summed E-state index contributed by atoms with van der Waals surface area (Å²) in [6.07, 6.45) is 7.87. The van der Waals surface area contributed by atoms with Crippen molar-refractivity contribution >= 4 is 23.4 Å². The van der Waals surface area contributed by atoms with Gasteiger partial charge in [-0.1, -0.05) is 17.3 Å². The Hall–Kier alpha value is -2.64. The predicted octanol–water partition coefficient (Wildman–Crippen LogP) is 3.53. The Morgan fingerprint density at radius 1 is 1.22 bits per heavy atom. The number of rotatable bonds is 3. The molecule has 27 heavy (non-hydrogen) atoms. The van der Waals surface area contributed by atoms with Crippen LogP contribution in [0.3, 0.4) is 0 Å². The maximum Gasteiger partial charge on any atom is 0.166 e. The molecular formula is C19H21ClN6O. The van der Waals surface area contributed by atoms with Gasteiger partial charge in [-0.05, 0) is 45.0 Å². The summed E-state index contributed by atoms with van der Waals surface area (Å²) in [5.41, 5.74) is 2.59. The van der Waals surface area contributed by atoms with Gasteiger partial charge in [0.1, 0.15) is 11.5 Å². The fourth-order valence-electron chi connectivity index (χ4n) is 3.68. The van der Waals surface area contributed by atoms with E-state index < -0.39 is 0 Å². The van der Waals surface area contributed by atoms with Gasteiger partial charge in [0.15, 0.2) is 11.4 Å². The number of benzene rings is 1. The Morgan fingerprint density at radius 2 is 2.07 bits per heavy atom. The quantitative estimate of drug-likeness (QED) is 0.585. The first-order valence-corrected chi connectivity index (χ1v) is 8.95. The number of para-hydroxylation sites is 1. The van der Waals surface area contributed by atoms with Crippen molar-refractivity contribution < 1.29 is 4.42 Å². The van der Waals surface area contributed by atoms with Crippen LogP contribution in [-0.2, 0) is 0 Å². The van der Waals surface area contributed by atoms with Gasteiger partial charge in [-0.3, -0.25) is 4.57 Å². The summed E-state index contributed by atoms with van der Waals surface area (Å²) in [6, 6.07) is 8.56. The van der Waals surface area contributed by atoms with Crippen LogP contribution in [-0.4, -0.2) is 37.6 Å². The second kappa shape index (κ2) is 7.17. The molecule has 7 nitrogen and oxygen atoms in total. The fraction of sp³-hybridized carbons (Fsp3) is 0.316. The van der Waals surface area contributed by atoms with Crippen LogP contribution in [0.4, 0.5) is 0 Å². The molecule has 5 rings (SSSR count). The fourth-order valence-corrected chi connectivity index (χ4v) is 3.68. The van der Waals surface area contributed by atoms with Crippen molar-refractivity contribution in [3.63, 3.8) is 0 Å². The molecule has 0 aliphatic carbocycles. The van der Waals surface area contributed by atoms with E-state index in [1.807, 2.05) is 46.8 Å². The molecule has 0 spiro atoms. The molecule has 1 aromatic carbocycles. The van der Waals surface area contributed by atoms with Gasteiger partial charge in [0.2, 0.25) is 0 Å². The Balaban J connectivity index is 0.00000180. The van der Waals surface area contributed by atoms with Crippen LogP contribution in [0.1, 0.15) is 24.6 Å². The van der Waals surface area contributed by atoms with Gasteiger partial charge in [-0.2, -0.15) is 0 Å². The molecule has 1 fully saturated rings. The lowest BCUT2D eigenvalue weighted by Gasteiger charge is -2.22. The summed E-state index contributed by atoms with van der Waals surface area (Å²) in [5, 5.41) is 13.2. The molecule has 8 heteroatoms. The second-order valence-corrected chi connectivity index (χ2v) is 6.74. The van der Waals surface area contributed by atoms with E-state index in [9.17, 15) is 0 Å². The van der Waals surface area contributed by atoms with Crippen molar-refractivity contribution in [1.29, 1.82) is 0 Å². The van der Waals surface area contributed by atoms with Crippen molar-refractivity contribution in [3.8, 4) is 17.2 Å². The van der Waals surface area contributed by atoms with E-state index >= 15 is 0 Å². The summed E-state index contributed by atoms with van der Waals surface area (Å²) in [4.78, 5) is 4.53. The molecule has 0 amide bonds. The topological polar surface area (TPSA) is 73.7 Å². The Morgan fingerprint density at radius 3 is 2.93 bits per heavy atom. The lowest BCUT2D eigenvalue weighted by atomic mass is 10.1. The maximum atomic E-state index is 5.92. The number of imidazole rings is 1. The zero-order chi connectivity index (χ0) is 17.5. The van der Waals surface area contributed by atoms with E-state index in [-0.39, 0.29) is 12.4 Å². The highest BCUT2D eigenvalue weighted by molar-refractivity contribution is 5.86. The van der Waals surface area contributed by atoms with Gasteiger partial charge < -0.3 is 9.73 Å². The molecular weight excluding hydrogens is 364 g/mol. The van der Waals surface area contributed by atoms with Crippen molar-refractivity contribution in [2.24, 2.45) is 0 Å². The molecule has 4 heterocycles. The van der Waals surface area contributed by atoms with E-state index in [2.05, 4.69) is 26.7 Å². The predicted molar refractivity (Wildman–Crippen MR) is 105 cm³/mol. The number of aromatic nitrogens is 5. The van der Waals surface area contributed by atoms with E-state index in [1.165, 1.54) is 0 Å².